The van der Waals surface area contributed by atoms with E-state index in [1.807, 2.05) is 6.07 Å². The summed E-state index contributed by atoms with van der Waals surface area (Å²) in [6.07, 6.45) is 4.63. The fourth-order valence-electron chi connectivity index (χ4n) is 2.00. The van der Waals surface area contributed by atoms with E-state index in [4.69, 9.17) is 18.0 Å². The van der Waals surface area contributed by atoms with Gasteiger partial charge in [0.15, 0.2) is 0 Å². The number of nitrogens with zero attached hydrogens (tertiary/aromatic N) is 2. The molecular weight excluding hydrogens is 220 g/mol. The minimum absolute atomic E-state index is 0.413. The number of nitrogens with one attached hydrogen (secondary N) is 1. The maximum absolute atomic E-state index is 5.67. The molecule has 16 heavy (non-hydrogen) atoms. The highest BCUT2D eigenvalue weighted by Crippen LogP contribution is 2.18. The van der Waals surface area contributed by atoms with Crippen LogP contribution in [0.3, 0.4) is 0 Å². The van der Waals surface area contributed by atoms with E-state index >= 15 is 0 Å². The van der Waals surface area contributed by atoms with Gasteiger partial charge in [-0.2, -0.15) is 0 Å². The monoisotopic (exact) mass is 236 g/mol. The lowest BCUT2D eigenvalue weighted by atomic mass is 10.2. The average molecular weight is 236 g/mol. The van der Waals surface area contributed by atoms with Crippen LogP contribution in [0.2, 0.25) is 0 Å². The van der Waals surface area contributed by atoms with Gasteiger partial charge in [-0.1, -0.05) is 12.2 Å². The molecule has 1 aliphatic rings. The molecule has 0 saturated carbocycles. The van der Waals surface area contributed by atoms with Gasteiger partial charge in [0.05, 0.1) is 11.9 Å². The molecule has 1 unspecified atom stereocenters. The lowest BCUT2D eigenvalue weighted by Gasteiger charge is -2.16. The summed E-state index contributed by atoms with van der Waals surface area (Å²) in [5.41, 5.74) is 7.48. The van der Waals surface area contributed by atoms with Crippen LogP contribution >= 0.6 is 12.2 Å². The predicted molar refractivity (Wildman–Crippen MR) is 69.6 cm³/mol. The second-order valence-corrected chi connectivity index (χ2v) is 4.62. The van der Waals surface area contributed by atoms with Crippen LogP contribution in [-0.4, -0.2) is 41.1 Å². The van der Waals surface area contributed by atoms with Crippen molar-refractivity contribution in [2.45, 2.75) is 12.5 Å². The molecule has 5 heteroatoms. The van der Waals surface area contributed by atoms with Gasteiger partial charge in [-0.15, -0.1) is 0 Å². The molecule has 0 bridgehead atoms. The van der Waals surface area contributed by atoms with Crippen molar-refractivity contribution < 1.29 is 0 Å². The summed E-state index contributed by atoms with van der Waals surface area (Å²) >= 11 is 5.01. The Morgan fingerprint density at radius 1 is 1.69 bits per heavy atom. The molecule has 2 rings (SSSR count). The largest absolute Gasteiger partial charge is 0.389 e. The molecule has 1 saturated heterocycles. The summed E-state index contributed by atoms with van der Waals surface area (Å²) in [7, 11) is 2.12. The molecule has 0 spiro atoms. The smallest absolute Gasteiger partial charge is 0.106 e. The fraction of sp³-hybridized carbons (Fsp3) is 0.455. The van der Waals surface area contributed by atoms with Crippen LogP contribution in [-0.2, 0) is 0 Å². The molecule has 86 valence electrons. The number of likely N-dealkylation sites (tertiary alicyclic amines) is 1. The normalized spacial score (nSPS) is 20.9. The maximum atomic E-state index is 5.67. The highest BCUT2D eigenvalue weighted by Gasteiger charge is 2.20. The molecule has 3 N–H and O–H groups in total. The van der Waals surface area contributed by atoms with Crippen LogP contribution < -0.4 is 11.1 Å². The lowest BCUT2D eigenvalue weighted by molar-refractivity contribution is 0.414. The molecule has 0 radical (unpaired) electrons. The second kappa shape index (κ2) is 4.76. The highest BCUT2D eigenvalue weighted by atomic mass is 32.1. The first-order valence-corrected chi connectivity index (χ1v) is 5.76. The number of aromatic nitrogens is 1. The first-order valence-electron chi connectivity index (χ1n) is 5.35. The van der Waals surface area contributed by atoms with Gasteiger partial charge in [0, 0.05) is 24.3 Å². The summed E-state index contributed by atoms with van der Waals surface area (Å²) in [5, 5.41) is 3.45. The zero-order valence-corrected chi connectivity index (χ0v) is 10.1. The number of hydrogen-bond acceptors (Lipinski definition) is 4. The summed E-state index contributed by atoms with van der Waals surface area (Å²) in [4.78, 5) is 6.81. The predicted octanol–water partition coefficient (Wildman–Crippen LogP) is 0.832. The van der Waals surface area contributed by atoms with Crippen LogP contribution in [0.1, 0.15) is 12.0 Å². The maximum Gasteiger partial charge on any atom is 0.106 e. The Kier molecular flexibility index (Phi) is 3.36. The second-order valence-electron chi connectivity index (χ2n) is 4.18. The van der Waals surface area contributed by atoms with Crippen molar-refractivity contribution in [3.05, 3.63) is 24.0 Å². The van der Waals surface area contributed by atoms with Crippen LogP contribution in [0, 0.1) is 0 Å². The quantitative estimate of drug-likeness (QED) is 0.761. The number of hydrogen-bond donors (Lipinski definition) is 2. The van der Waals surface area contributed by atoms with E-state index in [1.165, 1.54) is 0 Å². The lowest BCUT2D eigenvalue weighted by Crippen LogP contribution is -2.25. The number of rotatable bonds is 3. The molecule has 4 nitrogen and oxygen atoms in total. The SMILES string of the molecule is CN1CCC(Nc2cnccc2C(N)=S)C1. The molecular formula is C11H16N4S. The Labute approximate surface area is 101 Å². The molecule has 1 atom stereocenters. The summed E-state index contributed by atoms with van der Waals surface area (Å²) < 4.78 is 0. The Morgan fingerprint density at radius 3 is 3.12 bits per heavy atom. The molecule has 0 aromatic carbocycles. The number of pyridine rings is 1. The van der Waals surface area contributed by atoms with E-state index in [0.29, 0.717) is 11.0 Å². The summed E-state index contributed by atoms with van der Waals surface area (Å²) in [5.74, 6) is 0. The first kappa shape index (κ1) is 11.3. The Bertz CT molecular complexity index is 393. The third kappa shape index (κ3) is 2.48. The van der Waals surface area contributed by atoms with E-state index in [2.05, 4.69) is 22.2 Å². The topological polar surface area (TPSA) is 54.2 Å². The fourth-order valence-corrected chi connectivity index (χ4v) is 2.18. The number of anilines is 1. The van der Waals surface area contributed by atoms with E-state index in [0.717, 1.165) is 30.8 Å². The van der Waals surface area contributed by atoms with Crippen LogP contribution in [0.4, 0.5) is 5.69 Å². The standard InChI is InChI=1S/C11H16N4S/c1-15-5-3-8(7-15)14-10-6-13-4-2-9(10)11(12)16/h2,4,6,8,14H,3,5,7H2,1H3,(H2,12,16). The van der Waals surface area contributed by atoms with Crippen molar-refractivity contribution in [1.82, 2.24) is 9.88 Å². The Balaban J connectivity index is 2.12. The van der Waals surface area contributed by atoms with Crippen LogP contribution in [0.25, 0.3) is 0 Å². The average Bonchev–Trinajstić information content (AvgIpc) is 2.64. The third-order valence-electron chi connectivity index (χ3n) is 2.84. The summed E-state index contributed by atoms with van der Waals surface area (Å²) in [6.45, 7) is 2.17. The number of likely N-dealkylation sites (N-methyl/N-ethyl adjacent to an activating group) is 1. The summed E-state index contributed by atoms with van der Waals surface area (Å²) in [6, 6.07) is 2.31. The van der Waals surface area contributed by atoms with Crippen molar-refractivity contribution in [1.29, 1.82) is 0 Å². The van der Waals surface area contributed by atoms with Gasteiger partial charge in [0.25, 0.3) is 0 Å². The van der Waals surface area contributed by atoms with Crippen LogP contribution in [0.15, 0.2) is 18.5 Å². The van der Waals surface area contributed by atoms with Gasteiger partial charge in [0.1, 0.15) is 4.99 Å². The zero-order valence-electron chi connectivity index (χ0n) is 9.31. The Hall–Kier alpha value is -1.20. The number of nitrogens with two attached hydrogens (primary N) is 1. The van der Waals surface area contributed by atoms with Gasteiger partial charge < -0.3 is 16.0 Å². The van der Waals surface area contributed by atoms with Gasteiger partial charge in [0.2, 0.25) is 0 Å². The van der Waals surface area contributed by atoms with Crippen molar-refractivity contribution in [2.75, 3.05) is 25.5 Å². The molecule has 1 aromatic heterocycles. The molecule has 0 amide bonds. The third-order valence-corrected chi connectivity index (χ3v) is 3.06. The molecule has 1 aromatic rings. The Morgan fingerprint density at radius 2 is 2.50 bits per heavy atom. The molecule has 1 aliphatic heterocycles. The molecule has 0 aliphatic carbocycles. The van der Waals surface area contributed by atoms with Gasteiger partial charge >= 0.3 is 0 Å². The van der Waals surface area contributed by atoms with Crippen molar-refractivity contribution in [2.24, 2.45) is 5.73 Å². The zero-order chi connectivity index (χ0) is 11.5. The van der Waals surface area contributed by atoms with E-state index in [9.17, 15) is 0 Å². The highest BCUT2D eigenvalue weighted by molar-refractivity contribution is 7.80. The van der Waals surface area contributed by atoms with Crippen molar-refractivity contribution in [3.63, 3.8) is 0 Å². The minimum atomic E-state index is 0.413. The van der Waals surface area contributed by atoms with E-state index in [-0.39, 0.29) is 0 Å². The first-order chi connectivity index (χ1) is 7.66. The van der Waals surface area contributed by atoms with Gasteiger partial charge in [-0.05, 0) is 26.1 Å². The van der Waals surface area contributed by atoms with E-state index in [1.54, 1.807) is 12.4 Å². The van der Waals surface area contributed by atoms with Gasteiger partial charge in [-0.25, -0.2) is 0 Å². The molecule has 1 fully saturated rings. The van der Waals surface area contributed by atoms with Crippen molar-refractivity contribution >= 4 is 22.9 Å². The van der Waals surface area contributed by atoms with Crippen molar-refractivity contribution in [3.8, 4) is 0 Å². The minimum Gasteiger partial charge on any atom is -0.389 e. The number of thiocarbonyl (C=S) groups is 1. The van der Waals surface area contributed by atoms with Gasteiger partial charge in [-0.3, -0.25) is 4.98 Å². The van der Waals surface area contributed by atoms with E-state index < -0.39 is 0 Å². The van der Waals surface area contributed by atoms with Crippen LogP contribution in [0.5, 0.6) is 0 Å². The molecule has 2 heterocycles.